The first-order chi connectivity index (χ1) is 8.75. The highest BCUT2D eigenvalue weighted by Crippen LogP contribution is 2.24. The highest BCUT2D eigenvalue weighted by molar-refractivity contribution is 4.80. The summed E-state index contributed by atoms with van der Waals surface area (Å²) in [5.41, 5.74) is -0.490. The Hall–Kier alpha value is -0.160. The summed E-state index contributed by atoms with van der Waals surface area (Å²) in [5.74, 6) is 0. The molecule has 0 amide bonds. The van der Waals surface area contributed by atoms with Crippen LogP contribution in [0.25, 0.3) is 0 Å². The standard InChI is InChI=1S/C15H35N3O/c1-16(2)12-7-9-15(19,11-14-18(5)6)10-8-13-17(3)4/h19H,7-14H2,1-6H3. The Balaban J connectivity index is 4.18. The molecule has 0 aliphatic heterocycles. The molecule has 0 rings (SSSR count). The molecule has 4 nitrogen and oxygen atoms in total. The van der Waals surface area contributed by atoms with Crippen molar-refractivity contribution in [1.29, 1.82) is 0 Å². The van der Waals surface area contributed by atoms with Crippen LogP contribution >= 0.6 is 0 Å². The molecule has 0 aromatic rings. The molecule has 0 bridgehead atoms. The van der Waals surface area contributed by atoms with Crippen LogP contribution in [0.2, 0.25) is 0 Å². The van der Waals surface area contributed by atoms with Crippen LogP contribution in [-0.4, -0.2) is 87.3 Å². The summed E-state index contributed by atoms with van der Waals surface area (Å²) in [4.78, 5) is 6.53. The van der Waals surface area contributed by atoms with Gasteiger partial charge < -0.3 is 19.8 Å². The smallest absolute Gasteiger partial charge is 0.0661 e. The van der Waals surface area contributed by atoms with Crippen molar-refractivity contribution in [2.24, 2.45) is 0 Å². The van der Waals surface area contributed by atoms with Crippen molar-refractivity contribution in [3.63, 3.8) is 0 Å². The minimum atomic E-state index is -0.490. The first-order valence-electron chi connectivity index (χ1n) is 7.42. The zero-order valence-corrected chi connectivity index (χ0v) is 13.9. The summed E-state index contributed by atoms with van der Waals surface area (Å²) in [5, 5.41) is 10.8. The van der Waals surface area contributed by atoms with E-state index in [9.17, 15) is 5.11 Å². The molecule has 1 N–H and O–H groups in total. The first kappa shape index (κ1) is 18.8. The van der Waals surface area contributed by atoms with E-state index >= 15 is 0 Å². The van der Waals surface area contributed by atoms with Crippen molar-refractivity contribution >= 4 is 0 Å². The van der Waals surface area contributed by atoms with Crippen molar-refractivity contribution in [2.45, 2.75) is 37.7 Å². The average molecular weight is 273 g/mol. The molecule has 0 fully saturated rings. The van der Waals surface area contributed by atoms with Gasteiger partial charge >= 0.3 is 0 Å². The molecule has 0 aliphatic rings. The maximum absolute atomic E-state index is 10.8. The predicted octanol–water partition coefficient (Wildman–Crippen LogP) is 1.35. The fourth-order valence-corrected chi connectivity index (χ4v) is 2.26. The van der Waals surface area contributed by atoms with Crippen molar-refractivity contribution in [1.82, 2.24) is 14.7 Å². The Morgan fingerprint density at radius 3 is 1.32 bits per heavy atom. The summed E-state index contributed by atoms with van der Waals surface area (Å²) in [7, 11) is 12.5. The van der Waals surface area contributed by atoms with E-state index in [0.29, 0.717) is 0 Å². The van der Waals surface area contributed by atoms with Gasteiger partial charge in [0.2, 0.25) is 0 Å². The van der Waals surface area contributed by atoms with Crippen LogP contribution < -0.4 is 0 Å². The molecule has 0 atom stereocenters. The topological polar surface area (TPSA) is 30.0 Å². The summed E-state index contributed by atoms with van der Waals surface area (Å²) in [6.07, 6.45) is 4.83. The van der Waals surface area contributed by atoms with Gasteiger partial charge in [-0.05, 0) is 87.5 Å². The van der Waals surface area contributed by atoms with Crippen LogP contribution in [0.15, 0.2) is 0 Å². The molecule has 0 unspecified atom stereocenters. The highest BCUT2D eigenvalue weighted by atomic mass is 16.3. The third kappa shape index (κ3) is 11.4. The third-order valence-electron chi connectivity index (χ3n) is 3.52. The lowest BCUT2D eigenvalue weighted by atomic mass is 9.88. The molecule has 0 aromatic carbocycles. The molecule has 0 spiro atoms. The van der Waals surface area contributed by atoms with Gasteiger partial charge in [-0.25, -0.2) is 0 Å². The number of nitrogens with zero attached hydrogens (tertiary/aromatic N) is 3. The van der Waals surface area contributed by atoms with E-state index in [2.05, 4.69) is 57.0 Å². The van der Waals surface area contributed by atoms with Crippen molar-refractivity contribution in [3.05, 3.63) is 0 Å². The van der Waals surface area contributed by atoms with Crippen molar-refractivity contribution in [2.75, 3.05) is 61.9 Å². The van der Waals surface area contributed by atoms with Gasteiger partial charge in [0.15, 0.2) is 0 Å². The molecule has 0 aliphatic carbocycles. The highest BCUT2D eigenvalue weighted by Gasteiger charge is 2.25. The van der Waals surface area contributed by atoms with E-state index in [1.807, 2.05) is 0 Å². The largest absolute Gasteiger partial charge is 0.390 e. The summed E-state index contributed by atoms with van der Waals surface area (Å²) >= 11 is 0. The molecular formula is C15H35N3O. The molecule has 0 saturated carbocycles. The summed E-state index contributed by atoms with van der Waals surface area (Å²) < 4.78 is 0. The third-order valence-corrected chi connectivity index (χ3v) is 3.52. The van der Waals surface area contributed by atoms with Crippen LogP contribution in [0.1, 0.15) is 32.1 Å². The van der Waals surface area contributed by atoms with Gasteiger partial charge in [-0.15, -0.1) is 0 Å². The number of hydrogen-bond acceptors (Lipinski definition) is 4. The first-order valence-corrected chi connectivity index (χ1v) is 7.42. The molecule has 0 saturated heterocycles. The van der Waals surface area contributed by atoms with E-state index in [1.165, 1.54) is 0 Å². The van der Waals surface area contributed by atoms with Crippen LogP contribution in [0.4, 0.5) is 0 Å². The normalized spacial score (nSPS) is 12.9. The lowest BCUT2D eigenvalue weighted by Gasteiger charge is -2.30. The van der Waals surface area contributed by atoms with E-state index in [1.54, 1.807) is 0 Å². The van der Waals surface area contributed by atoms with E-state index in [4.69, 9.17) is 0 Å². The SMILES string of the molecule is CN(C)CCCC(O)(CCCN(C)C)CCN(C)C. The van der Waals surface area contributed by atoms with Crippen LogP contribution in [0.5, 0.6) is 0 Å². The zero-order chi connectivity index (χ0) is 14.9. The number of hydrogen-bond donors (Lipinski definition) is 1. The fraction of sp³-hybridized carbons (Fsp3) is 1.00. The lowest BCUT2D eigenvalue weighted by molar-refractivity contribution is 0.00259. The lowest BCUT2D eigenvalue weighted by Crippen LogP contribution is -2.34. The monoisotopic (exact) mass is 273 g/mol. The second-order valence-electron chi connectivity index (χ2n) is 6.59. The molecule has 0 aromatic heterocycles. The Morgan fingerprint density at radius 2 is 1.00 bits per heavy atom. The maximum atomic E-state index is 10.8. The van der Waals surface area contributed by atoms with Gasteiger partial charge in [0.05, 0.1) is 5.60 Å². The Morgan fingerprint density at radius 1 is 0.632 bits per heavy atom. The number of rotatable bonds is 11. The molecule has 0 heterocycles. The maximum Gasteiger partial charge on any atom is 0.0661 e. The van der Waals surface area contributed by atoms with E-state index in [0.717, 1.165) is 51.7 Å². The second kappa shape index (κ2) is 9.70. The van der Waals surface area contributed by atoms with Gasteiger partial charge in [-0.2, -0.15) is 0 Å². The van der Waals surface area contributed by atoms with Crippen LogP contribution in [-0.2, 0) is 0 Å². The van der Waals surface area contributed by atoms with Crippen molar-refractivity contribution in [3.8, 4) is 0 Å². The fourth-order valence-electron chi connectivity index (χ4n) is 2.26. The predicted molar refractivity (Wildman–Crippen MR) is 83.7 cm³/mol. The molecule has 4 heteroatoms. The van der Waals surface area contributed by atoms with Gasteiger partial charge in [-0.1, -0.05) is 0 Å². The minimum Gasteiger partial charge on any atom is -0.390 e. The van der Waals surface area contributed by atoms with E-state index in [-0.39, 0.29) is 0 Å². The Bertz CT molecular complexity index is 203. The minimum absolute atomic E-state index is 0.490. The van der Waals surface area contributed by atoms with Gasteiger partial charge in [0.25, 0.3) is 0 Å². The zero-order valence-electron chi connectivity index (χ0n) is 13.9. The van der Waals surface area contributed by atoms with Crippen LogP contribution in [0, 0.1) is 0 Å². The van der Waals surface area contributed by atoms with Gasteiger partial charge in [0.1, 0.15) is 0 Å². The summed E-state index contributed by atoms with van der Waals surface area (Å²) in [6.45, 7) is 3.07. The van der Waals surface area contributed by atoms with Crippen LogP contribution in [0.3, 0.4) is 0 Å². The second-order valence-corrected chi connectivity index (χ2v) is 6.59. The van der Waals surface area contributed by atoms with Crippen molar-refractivity contribution < 1.29 is 5.11 Å². The van der Waals surface area contributed by atoms with E-state index < -0.39 is 5.60 Å². The average Bonchev–Trinajstić information content (AvgIpc) is 2.25. The molecule has 116 valence electrons. The Kier molecular flexibility index (Phi) is 9.62. The molecule has 19 heavy (non-hydrogen) atoms. The van der Waals surface area contributed by atoms with Gasteiger partial charge in [-0.3, -0.25) is 0 Å². The summed E-state index contributed by atoms with van der Waals surface area (Å²) in [6, 6.07) is 0. The quantitative estimate of drug-likeness (QED) is 0.615. The Labute approximate surface area is 120 Å². The molecule has 0 radical (unpaired) electrons. The number of aliphatic hydroxyl groups is 1. The van der Waals surface area contributed by atoms with Gasteiger partial charge in [0, 0.05) is 6.54 Å². The molecular weight excluding hydrogens is 238 g/mol.